The number of anilines is 1. The van der Waals surface area contributed by atoms with Crippen molar-refractivity contribution in [3.8, 4) is 0 Å². The Morgan fingerprint density at radius 2 is 1.95 bits per heavy atom. The van der Waals surface area contributed by atoms with Gasteiger partial charge in [-0.3, -0.25) is 14.5 Å². The molecular weight excluding hydrogens is 266 g/mol. The summed E-state index contributed by atoms with van der Waals surface area (Å²) in [5.41, 5.74) is -1.36. The fourth-order valence-electron chi connectivity index (χ4n) is 2.33. The first-order valence-electron chi connectivity index (χ1n) is 6.39. The van der Waals surface area contributed by atoms with E-state index in [2.05, 4.69) is 5.32 Å². The van der Waals surface area contributed by atoms with E-state index >= 15 is 0 Å². The predicted octanol–water partition coefficient (Wildman–Crippen LogP) is 1.98. The average Bonchev–Trinajstić information content (AvgIpc) is 2.37. The van der Waals surface area contributed by atoms with Crippen molar-refractivity contribution in [2.75, 3.05) is 4.90 Å². The minimum Gasteiger partial charge on any atom is -0.340 e. The number of nitrogens with one attached hydrogen (secondary N) is 1. The predicted molar refractivity (Wildman–Crippen MR) is 70.1 cm³/mol. The highest BCUT2D eigenvalue weighted by molar-refractivity contribution is 6.10. The van der Waals surface area contributed by atoms with E-state index in [0.29, 0.717) is 6.42 Å². The number of piperazine rings is 1. The molecular formula is C14H16F2N2O2. The molecule has 0 radical (unpaired) electrons. The maximum atomic E-state index is 13.9. The molecule has 1 atom stereocenters. The van der Waals surface area contributed by atoms with Gasteiger partial charge in [0.1, 0.15) is 11.6 Å². The molecule has 4 nitrogen and oxygen atoms in total. The first-order chi connectivity index (χ1) is 9.29. The van der Waals surface area contributed by atoms with E-state index in [1.165, 1.54) is 26.0 Å². The van der Waals surface area contributed by atoms with Gasteiger partial charge in [0.15, 0.2) is 11.6 Å². The van der Waals surface area contributed by atoms with Crippen molar-refractivity contribution in [1.82, 2.24) is 5.32 Å². The Morgan fingerprint density at radius 3 is 2.55 bits per heavy atom. The summed E-state index contributed by atoms with van der Waals surface area (Å²) in [6.45, 7) is 4.77. The molecule has 0 aliphatic carbocycles. The van der Waals surface area contributed by atoms with Gasteiger partial charge in [0.05, 0.1) is 5.69 Å². The van der Waals surface area contributed by atoms with Crippen molar-refractivity contribution in [2.24, 2.45) is 0 Å². The zero-order valence-electron chi connectivity index (χ0n) is 11.5. The average molecular weight is 282 g/mol. The lowest BCUT2D eigenvalue weighted by Crippen LogP contribution is -2.68. The van der Waals surface area contributed by atoms with Gasteiger partial charge in [-0.05, 0) is 32.4 Å². The second-order valence-electron chi connectivity index (χ2n) is 5.29. The number of rotatable bonds is 2. The van der Waals surface area contributed by atoms with Crippen LogP contribution in [0.2, 0.25) is 0 Å². The first-order valence-corrected chi connectivity index (χ1v) is 6.39. The fourth-order valence-corrected chi connectivity index (χ4v) is 2.33. The Hall–Kier alpha value is -1.98. The lowest BCUT2D eigenvalue weighted by molar-refractivity contribution is -0.137. The first kappa shape index (κ1) is 14.4. The summed E-state index contributed by atoms with van der Waals surface area (Å²) >= 11 is 0. The van der Waals surface area contributed by atoms with Gasteiger partial charge < -0.3 is 5.32 Å². The lowest BCUT2D eigenvalue weighted by Gasteiger charge is -2.42. The second kappa shape index (κ2) is 4.85. The van der Waals surface area contributed by atoms with Crippen LogP contribution in [-0.2, 0) is 9.59 Å². The number of nitrogens with zero attached hydrogens (tertiary/aromatic N) is 1. The third-order valence-electron chi connectivity index (χ3n) is 3.38. The van der Waals surface area contributed by atoms with Crippen LogP contribution in [0.25, 0.3) is 0 Å². The van der Waals surface area contributed by atoms with E-state index in [4.69, 9.17) is 0 Å². The van der Waals surface area contributed by atoms with Crippen LogP contribution in [0.1, 0.15) is 27.2 Å². The van der Waals surface area contributed by atoms with Gasteiger partial charge in [-0.1, -0.05) is 13.0 Å². The number of carbonyl (C=O) groups is 2. The van der Waals surface area contributed by atoms with E-state index in [0.717, 1.165) is 11.0 Å². The van der Waals surface area contributed by atoms with Crippen molar-refractivity contribution in [3.63, 3.8) is 0 Å². The van der Waals surface area contributed by atoms with E-state index in [-0.39, 0.29) is 11.6 Å². The zero-order chi connectivity index (χ0) is 15.1. The smallest absolute Gasteiger partial charge is 0.252 e. The van der Waals surface area contributed by atoms with Gasteiger partial charge in [0.25, 0.3) is 5.91 Å². The maximum absolute atomic E-state index is 13.9. The molecule has 1 heterocycles. The Kier molecular flexibility index (Phi) is 3.50. The summed E-state index contributed by atoms with van der Waals surface area (Å²) in [6.07, 6.45) is 0.309. The molecule has 1 saturated heterocycles. The highest BCUT2D eigenvalue weighted by atomic mass is 19.2. The highest BCUT2D eigenvalue weighted by Crippen LogP contribution is 2.29. The van der Waals surface area contributed by atoms with Gasteiger partial charge >= 0.3 is 0 Å². The van der Waals surface area contributed by atoms with Crippen molar-refractivity contribution >= 4 is 17.5 Å². The molecule has 1 aromatic carbocycles. The van der Waals surface area contributed by atoms with Gasteiger partial charge in [0, 0.05) is 0 Å². The fraction of sp³-hybridized carbons (Fsp3) is 0.429. The van der Waals surface area contributed by atoms with E-state index < -0.39 is 29.1 Å². The van der Waals surface area contributed by atoms with Crippen LogP contribution in [0.3, 0.4) is 0 Å². The molecule has 0 saturated carbocycles. The summed E-state index contributed by atoms with van der Waals surface area (Å²) < 4.78 is 27.3. The van der Waals surface area contributed by atoms with E-state index in [9.17, 15) is 18.4 Å². The molecule has 20 heavy (non-hydrogen) atoms. The zero-order valence-corrected chi connectivity index (χ0v) is 11.5. The normalized spacial score (nSPS) is 21.9. The minimum absolute atomic E-state index is 0.204. The quantitative estimate of drug-likeness (QED) is 0.901. The van der Waals surface area contributed by atoms with Gasteiger partial charge in [-0.15, -0.1) is 0 Å². The summed E-state index contributed by atoms with van der Waals surface area (Å²) in [4.78, 5) is 25.5. The number of benzene rings is 1. The minimum atomic E-state index is -1.15. The highest BCUT2D eigenvalue weighted by Gasteiger charge is 2.46. The van der Waals surface area contributed by atoms with E-state index in [1.54, 1.807) is 6.92 Å². The van der Waals surface area contributed by atoms with Crippen LogP contribution in [-0.4, -0.2) is 23.4 Å². The molecule has 1 N–H and O–H groups in total. The molecule has 6 heteroatoms. The number of hydrogen-bond acceptors (Lipinski definition) is 2. The summed E-state index contributed by atoms with van der Waals surface area (Å²) in [6, 6.07) is 2.74. The Labute approximate surface area is 115 Å². The molecule has 1 aliphatic rings. The molecule has 1 aliphatic heterocycles. The summed E-state index contributed by atoms with van der Waals surface area (Å²) in [5.74, 6) is -3.01. The molecule has 1 unspecified atom stereocenters. The largest absolute Gasteiger partial charge is 0.340 e. The van der Waals surface area contributed by atoms with Crippen LogP contribution in [0.4, 0.5) is 14.5 Å². The monoisotopic (exact) mass is 282 g/mol. The van der Waals surface area contributed by atoms with Crippen LogP contribution in [0.15, 0.2) is 18.2 Å². The van der Waals surface area contributed by atoms with Crippen molar-refractivity contribution in [3.05, 3.63) is 29.8 Å². The van der Waals surface area contributed by atoms with Gasteiger partial charge in [0.2, 0.25) is 5.91 Å². The molecule has 0 aromatic heterocycles. The lowest BCUT2D eigenvalue weighted by atomic mass is 9.95. The molecule has 108 valence electrons. The second-order valence-corrected chi connectivity index (χ2v) is 5.29. The molecule has 1 aromatic rings. The molecule has 2 rings (SSSR count). The van der Waals surface area contributed by atoms with Crippen molar-refractivity contribution in [1.29, 1.82) is 0 Å². The maximum Gasteiger partial charge on any atom is 0.252 e. The number of carbonyl (C=O) groups excluding carboxylic acids is 2. The molecule has 1 fully saturated rings. The van der Waals surface area contributed by atoms with Crippen molar-refractivity contribution in [2.45, 2.75) is 38.8 Å². The van der Waals surface area contributed by atoms with Crippen LogP contribution >= 0.6 is 0 Å². The molecule has 2 amide bonds. The number of amides is 2. The number of hydrogen-bond donors (Lipinski definition) is 1. The third kappa shape index (κ3) is 2.15. The van der Waals surface area contributed by atoms with Crippen LogP contribution < -0.4 is 10.2 Å². The Morgan fingerprint density at radius 1 is 1.30 bits per heavy atom. The van der Waals surface area contributed by atoms with Crippen LogP contribution in [0, 0.1) is 11.6 Å². The summed E-state index contributed by atoms with van der Waals surface area (Å²) in [7, 11) is 0. The van der Waals surface area contributed by atoms with Gasteiger partial charge in [-0.25, -0.2) is 8.78 Å². The number of halogens is 2. The SMILES string of the molecule is CCC1C(=O)NC(C)(C)C(=O)N1c1cccc(F)c1F. The van der Waals surface area contributed by atoms with Crippen molar-refractivity contribution < 1.29 is 18.4 Å². The summed E-state index contributed by atoms with van der Waals surface area (Å²) in [5, 5.41) is 2.59. The molecule has 0 spiro atoms. The topological polar surface area (TPSA) is 49.4 Å². The Balaban J connectivity index is 2.57. The Bertz CT molecular complexity index is 572. The van der Waals surface area contributed by atoms with E-state index in [1.807, 2.05) is 0 Å². The van der Waals surface area contributed by atoms with Gasteiger partial charge in [-0.2, -0.15) is 0 Å². The standard InChI is InChI=1S/C14H16F2N2O2/c1-4-9-12(19)17-14(2,3)13(20)18(9)10-7-5-6-8(15)11(10)16/h5-7,9H,4H2,1-3H3,(H,17,19). The third-order valence-corrected chi connectivity index (χ3v) is 3.38. The van der Waals surface area contributed by atoms with Crippen LogP contribution in [0.5, 0.6) is 0 Å². The molecule has 0 bridgehead atoms.